The van der Waals surface area contributed by atoms with Gasteiger partial charge in [0.1, 0.15) is 17.2 Å². The van der Waals surface area contributed by atoms with E-state index in [2.05, 4.69) is 4.72 Å². The number of ether oxygens (including phenoxy) is 3. The van der Waals surface area contributed by atoms with Crippen molar-refractivity contribution in [3.63, 3.8) is 0 Å². The number of alkyl halides is 1. The van der Waals surface area contributed by atoms with E-state index >= 15 is 0 Å². The van der Waals surface area contributed by atoms with Gasteiger partial charge in [-0.05, 0) is 43.2 Å². The summed E-state index contributed by atoms with van der Waals surface area (Å²) in [6, 6.07) is 8.89. The van der Waals surface area contributed by atoms with Gasteiger partial charge in [-0.1, -0.05) is 0 Å². The van der Waals surface area contributed by atoms with E-state index in [1.54, 1.807) is 12.1 Å². The van der Waals surface area contributed by atoms with Gasteiger partial charge in [0, 0.05) is 18.4 Å². The molecule has 2 aromatic rings. The Hall–Kier alpha value is -2.45. The number of ketones is 1. The molecule has 0 saturated heterocycles. The molecule has 2 aromatic carbocycles. The van der Waals surface area contributed by atoms with Crippen LogP contribution in [0.5, 0.6) is 17.2 Å². The second-order valence-electron chi connectivity index (χ2n) is 6.10. The van der Waals surface area contributed by atoms with Gasteiger partial charge in [0.25, 0.3) is 10.0 Å². The minimum atomic E-state index is -3.97. The molecule has 0 saturated carbocycles. The van der Waals surface area contributed by atoms with Crippen LogP contribution in [0.15, 0.2) is 41.3 Å². The van der Waals surface area contributed by atoms with Gasteiger partial charge < -0.3 is 14.2 Å². The monoisotopic (exact) mass is 441 g/mol. The molecule has 0 bridgehead atoms. The third kappa shape index (κ3) is 5.77. The summed E-state index contributed by atoms with van der Waals surface area (Å²) in [4.78, 5) is 12.5. The fourth-order valence-electron chi connectivity index (χ4n) is 2.67. The number of carbonyl (C=O) groups excluding carboxylic acids is 1. The lowest BCUT2D eigenvalue weighted by molar-refractivity contribution is 0.0976. The number of methoxy groups -OCH3 is 3. The Morgan fingerprint density at radius 2 is 1.69 bits per heavy atom. The maximum atomic E-state index is 12.9. The van der Waals surface area contributed by atoms with Crippen LogP contribution in [0, 0.1) is 0 Å². The molecule has 0 radical (unpaired) electrons. The average molecular weight is 442 g/mol. The summed E-state index contributed by atoms with van der Waals surface area (Å²) < 4.78 is 43.8. The van der Waals surface area contributed by atoms with Gasteiger partial charge in [0.15, 0.2) is 5.78 Å². The number of anilines is 1. The molecule has 0 fully saturated rings. The minimum Gasteiger partial charge on any atom is -0.497 e. The zero-order valence-electron chi connectivity index (χ0n) is 16.5. The predicted octanol–water partition coefficient (Wildman–Crippen LogP) is 4.11. The highest BCUT2D eigenvalue weighted by Crippen LogP contribution is 2.32. The molecule has 0 spiro atoms. The topological polar surface area (TPSA) is 90.9 Å². The second-order valence-corrected chi connectivity index (χ2v) is 8.16. The number of hydrogen-bond acceptors (Lipinski definition) is 6. The number of unbranched alkanes of at least 4 members (excludes halogenated alkanes) is 1. The first-order valence-electron chi connectivity index (χ1n) is 8.88. The molecular weight excluding hydrogens is 418 g/mol. The fourth-order valence-corrected chi connectivity index (χ4v) is 3.96. The molecule has 29 heavy (non-hydrogen) atoms. The Labute approximate surface area is 176 Å². The third-order valence-corrected chi connectivity index (χ3v) is 5.85. The van der Waals surface area contributed by atoms with E-state index in [1.807, 2.05) is 0 Å². The Kier molecular flexibility index (Phi) is 8.16. The number of halogens is 1. The Balaban J connectivity index is 2.35. The van der Waals surface area contributed by atoms with Gasteiger partial charge in [-0.25, -0.2) is 8.42 Å². The molecule has 1 N–H and O–H groups in total. The van der Waals surface area contributed by atoms with Gasteiger partial charge in [-0.3, -0.25) is 9.52 Å². The maximum absolute atomic E-state index is 12.9. The molecule has 0 heterocycles. The van der Waals surface area contributed by atoms with E-state index in [-0.39, 0.29) is 28.4 Å². The number of nitrogens with one attached hydrogen (secondary N) is 1. The van der Waals surface area contributed by atoms with Gasteiger partial charge in [0.05, 0.1) is 37.5 Å². The second kappa shape index (κ2) is 10.4. The lowest BCUT2D eigenvalue weighted by atomic mass is 10.0. The van der Waals surface area contributed by atoms with Crippen molar-refractivity contribution in [3.05, 3.63) is 42.0 Å². The number of hydrogen-bond donors (Lipinski definition) is 1. The highest BCUT2D eigenvalue weighted by Gasteiger charge is 2.21. The Morgan fingerprint density at radius 1 is 0.966 bits per heavy atom. The van der Waals surface area contributed by atoms with Crippen LogP contribution in [0.25, 0.3) is 0 Å². The van der Waals surface area contributed by atoms with Crippen LogP contribution >= 0.6 is 11.6 Å². The van der Waals surface area contributed by atoms with E-state index in [9.17, 15) is 13.2 Å². The smallest absolute Gasteiger partial charge is 0.262 e. The van der Waals surface area contributed by atoms with E-state index < -0.39 is 10.0 Å². The molecule has 2 rings (SSSR count). The molecule has 0 amide bonds. The summed E-state index contributed by atoms with van der Waals surface area (Å²) in [6.07, 6.45) is 1.57. The molecule has 9 heteroatoms. The van der Waals surface area contributed by atoms with Crippen LogP contribution in [0.1, 0.15) is 29.6 Å². The normalized spacial score (nSPS) is 11.0. The van der Waals surface area contributed by atoms with E-state index in [0.29, 0.717) is 36.0 Å². The first-order valence-corrected chi connectivity index (χ1v) is 10.9. The maximum Gasteiger partial charge on any atom is 0.262 e. The van der Waals surface area contributed by atoms with Gasteiger partial charge >= 0.3 is 0 Å². The van der Waals surface area contributed by atoms with Crippen molar-refractivity contribution in [2.75, 3.05) is 31.9 Å². The summed E-state index contributed by atoms with van der Waals surface area (Å²) >= 11 is 5.65. The van der Waals surface area contributed by atoms with E-state index in [1.165, 1.54) is 45.6 Å². The quantitative estimate of drug-likeness (QED) is 0.320. The van der Waals surface area contributed by atoms with Crippen molar-refractivity contribution in [1.29, 1.82) is 0 Å². The largest absolute Gasteiger partial charge is 0.497 e. The third-order valence-electron chi connectivity index (χ3n) is 4.22. The van der Waals surface area contributed by atoms with Crippen molar-refractivity contribution in [2.45, 2.75) is 24.2 Å². The van der Waals surface area contributed by atoms with E-state index in [0.717, 1.165) is 0 Å². The summed E-state index contributed by atoms with van der Waals surface area (Å²) in [5.74, 6) is 1.41. The highest BCUT2D eigenvalue weighted by atomic mass is 35.5. The van der Waals surface area contributed by atoms with Crippen LogP contribution in [0.4, 0.5) is 5.69 Å². The van der Waals surface area contributed by atoms with Gasteiger partial charge in [-0.2, -0.15) is 0 Å². The SMILES string of the molecule is COc1ccc(NS(=O)(=O)c2ccc(OC)c(C(=O)CCCCCl)c2)c(OC)c1. The first kappa shape index (κ1) is 22.8. The number of Topliss-reactive ketones (excluding diaryl/α,β-unsaturated/α-hetero) is 1. The molecule has 0 aliphatic carbocycles. The summed E-state index contributed by atoms with van der Waals surface area (Å²) in [6.45, 7) is 0. The summed E-state index contributed by atoms with van der Waals surface area (Å²) in [7, 11) is 0.389. The van der Waals surface area contributed by atoms with Crippen molar-refractivity contribution >= 4 is 33.1 Å². The van der Waals surface area contributed by atoms with Crippen LogP contribution in [-0.2, 0) is 10.0 Å². The number of carbonyl (C=O) groups is 1. The lowest BCUT2D eigenvalue weighted by Gasteiger charge is -2.14. The Morgan fingerprint density at radius 3 is 2.31 bits per heavy atom. The molecule has 158 valence electrons. The van der Waals surface area contributed by atoms with Crippen LogP contribution in [0.2, 0.25) is 0 Å². The zero-order chi connectivity index (χ0) is 21.4. The van der Waals surface area contributed by atoms with Crippen molar-refractivity contribution in [2.24, 2.45) is 0 Å². The molecular formula is C20H24ClNO6S. The molecule has 7 nitrogen and oxygen atoms in total. The van der Waals surface area contributed by atoms with Crippen molar-refractivity contribution < 1.29 is 27.4 Å². The lowest BCUT2D eigenvalue weighted by Crippen LogP contribution is -2.15. The van der Waals surface area contributed by atoms with Crippen LogP contribution in [0.3, 0.4) is 0 Å². The predicted molar refractivity (Wildman–Crippen MR) is 112 cm³/mol. The molecule has 0 aromatic heterocycles. The fraction of sp³-hybridized carbons (Fsp3) is 0.350. The van der Waals surface area contributed by atoms with E-state index in [4.69, 9.17) is 25.8 Å². The zero-order valence-corrected chi connectivity index (χ0v) is 18.1. The van der Waals surface area contributed by atoms with Crippen LogP contribution in [-0.4, -0.2) is 41.4 Å². The highest BCUT2D eigenvalue weighted by molar-refractivity contribution is 7.92. The number of benzene rings is 2. The summed E-state index contributed by atoms with van der Waals surface area (Å²) in [5.41, 5.74) is 0.464. The molecule has 0 aliphatic rings. The minimum absolute atomic E-state index is 0.0585. The standard InChI is InChI=1S/C20H24ClNO6S/c1-26-14-7-9-17(20(12-14)28-3)22-29(24,25)15-8-10-19(27-2)16(13-15)18(23)6-4-5-11-21/h7-10,12-13,22H,4-6,11H2,1-3H3. The Bertz CT molecular complexity index is 961. The number of rotatable bonds is 11. The summed E-state index contributed by atoms with van der Waals surface area (Å²) in [5, 5.41) is 0. The first-order chi connectivity index (χ1) is 13.9. The van der Waals surface area contributed by atoms with Gasteiger partial charge in [0.2, 0.25) is 0 Å². The van der Waals surface area contributed by atoms with Crippen molar-refractivity contribution in [3.8, 4) is 17.2 Å². The van der Waals surface area contributed by atoms with Gasteiger partial charge in [-0.15, -0.1) is 11.6 Å². The molecule has 0 aliphatic heterocycles. The van der Waals surface area contributed by atoms with Crippen LogP contribution < -0.4 is 18.9 Å². The number of sulfonamides is 1. The molecule has 0 unspecified atom stereocenters. The average Bonchev–Trinajstić information content (AvgIpc) is 2.73. The van der Waals surface area contributed by atoms with Crippen molar-refractivity contribution in [1.82, 2.24) is 0 Å². The molecule has 0 atom stereocenters.